The van der Waals surface area contributed by atoms with Crippen LogP contribution < -0.4 is 10.6 Å². The van der Waals surface area contributed by atoms with Gasteiger partial charge in [-0.05, 0) is 22.0 Å². The van der Waals surface area contributed by atoms with E-state index in [1.807, 2.05) is 0 Å². The van der Waals surface area contributed by atoms with Gasteiger partial charge in [-0.2, -0.15) is 0 Å². The molecule has 18 heavy (non-hydrogen) atoms. The SMILES string of the molecule is Nc1cc(F)c(Br)cc1N1CCN(CCO)CC1. The summed E-state index contributed by atoms with van der Waals surface area (Å²) in [5.41, 5.74) is 7.19. The summed E-state index contributed by atoms with van der Waals surface area (Å²) >= 11 is 3.18. The van der Waals surface area contributed by atoms with Crippen LogP contribution in [0.15, 0.2) is 16.6 Å². The highest BCUT2D eigenvalue weighted by molar-refractivity contribution is 9.10. The van der Waals surface area contributed by atoms with Gasteiger partial charge in [-0.15, -0.1) is 0 Å². The quantitative estimate of drug-likeness (QED) is 0.825. The molecule has 4 nitrogen and oxygen atoms in total. The number of nitrogens with two attached hydrogens (primary N) is 1. The molecule has 1 heterocycles. The Kier molecular flexibility index (Phi) is 4.42. The zero-order valence-corrected chi connectivity index (χ0v) is 11.7. The van der Waals surface area contributed by atoms with E-state index in [2.05, 4.69) is 25.7 Å². The maximum Gasteiger partial charge on any atom is 0.139 e. The van der Waals surface area contributed by atoms with E-state index in [0.717, 1.165) is 31.9 Å². The van der Waals surface area contributed by atoms with Gasteiger partial charge in [0.25, 0.3) is 0 Å². The summed E-state index contributed by atoms with van der Waals surface area (Å²) in [7, 11) is 0. The summed E-state index contributed by atoms with van der Waals surface area (Å²) in [6, 6.07) is 3.08. The standard InChI is InChI=1S/C12H17BrFN3O/c13-9-7-12(11(15)8-10(9)14)17-3-1-16(2-4-17)5-6-18/h7-8,18H,1-6,15H2. The van der Waals surface area contributed by atoms with E-state index in [1.165, 1.54) is 6.07 Å². The number of piperazine rings is 1. The van der Waals surface area contributed by atoms with Crippen molar-refractivity contribution in [2.75, 3.05) is 50.0 Å². The van der Waals surface area contributed by atoms with Crippen LogP contribution in [0.1, 0.15) is 0 Å². The third-order valence-electron chi connectivity index (χ3n) is 3.20. The molecule has 0 amide bonds. The van der Waals surface area contributed by atoms with Gasteiger partial charge < -0.3 is 15.7 Å². The van der Waals surface area contributed by atoms with Crippen LogP contribution >= 0.6 is 15.9 Å². The molecule has 2 rings (SSSR count). The minimum atomic E-state index is -0.338. The molecule has 1 aliphatic heterocycles. The Morgan fingerprint density at radius 2 is 1.94 bits per heavy atom. The van der Waals surface area contributed by atoms with E-state index in [-0.39, 0.29) is 12.4 Å². The maximum absolute atomic E-state index is 13.3. The Balaban J connectivity index is 2.07. The van der Waals surface area contributed by atoms with Gasteiger partial charge >= 0.3 is 0 Å². The number of nitrogen functional groups attached to an aromatic ring is 1. The molecule has 0 spiro atoms. The predicted octanol–water partition coefficient (Wildman–Crippen LogP) is 1.28. The molecule has 1 aromatic rings. The highest BCUT2D eigenvalue weighted by Crippen LogP contribution is 2.30. The lowest BCUT2D eigenvalue weighted by Gasteiger charge is -2.36. The number of anilines is 2. The van der Waals surface area contributed by atoms with Crippen molar-refractivity contribution in [3.8, 4) is 0 Å². The van der Waals surface area contributed by atoms with Crippen molar-refractivity contribution in [2.45, 2.75) is 0 Å². The largest absolute Gasteiger partial charge is 0.397 e. The molecular weight excluding hydrogens is 301 g/mol. The molecule has 0 bridgehead atoms. The van der Waals surface area contributed by atoms with Gasteiger partial charge in [-0.1, -0.05) is 0 Å². The summed E-state index contributed by atoms with van der Waals surface area (Å²) in [6.45, 7) is 4.33. The molecule has 6 heteroatoms. The van der Waals surface area contributed by atoms with Gasteiger partial charge in [0.1, 0.15) is 5.82 Å². The number of benzene rings is 1. The number of rotatable bonds is 3. The maximum atomic E-state index is 13.3. The van der Waals surface area contributed by atoms with Crippen molar-refractivity contribution in [2.24, 2.45) is 0 Å². The second kappa shape index (κ2) is 5.86. The number of aliphatic hydroxyl groups excluding tert-OH is 1. The normalized spacial score (nSPS) is 17.2. The van der Waals surface area contributed by atoms with E-state index >= 15 is 0 Å². The van der Waals surface area contributed by atoms with Crippen LogP contribution in [-0.2, 0) is 0 Å². The third kappa shape index (κ3) is 2.93. The van der Waals surface area contributed by atoms with Crippen LogP contribution in [0.25, 0.3) is 0 Å². The van der Waals surface area contributed by atoms with E-state index in [9.17, 15) is 4.39 Å². The summed E-state index contributed by atoms with van der Waals surface area (Å²) in [4.78, 5) is 4.35. The highest BCUT2D eigenvalue weighted by atomic mass is 79.9. The van der Waals surface area contributed by atoms with E-state index in [1.54, 1.807) is 6.07 Å². The molecular formula is C12H17BrFN3O. The minimum absolute atomic E-state index is 0.185. The van der Waals surface area contributed by atoms with Crippen LogP contribution in [-0.4, -0.2) is 49.3 Å². The zero-order valence-electron chi connectivity index (χ0n) is 10.1. The summed E-state index contributed by atoms with van der Waals surface area (Å²) < 4.78 is 13.7. The van der Waals surface area contributed by atoms with Crippen LogP contribution in [0.4, 0.5) is 15.8 Å². The minimum Gasteiger partial charge on any atom is -0.397 e. The Morgan fingerprint density at radius 1 is 1.28 bits per heavy atom. The average molecular weight is 318 g/mol. The molecule has 1 fully saturated rings. The first-order valence-corrected chi connectivity index (χ1v) is 6.74. The Bertz CT molecular complexity index is 422. The van der Waals surface area contributed by atoms with Crippen molar-refractivity contribution >= 4 is 27.3 Å². The van der Waals surface area contributed by atoms with Crippen LogP contribution in [0.5, 0.6) is 0 Å². The zero-order chi connectivity index (χ0) is 13.1. The first kappa shape index (κ1) is 13.6. The Morgan fingerprint density at radius 3 is 2.56 bits per heavy atom. The Hall–Kier alpha value is -0.850. The monoisotopic (exact) mass is 317 g/mol. The fraction of sp³-hybridized carbons (Fsp3) is 0.500. The number of aliphatic hydroxyl groups is 1. The van der Waals surface area contributed by atoms with Crippen LogP contribution in [0.3, 0.4) is 0 Å². The second-order valence-electron chi connectivity index (χ2n) is 4.38. The number of hydrogen-bond donors (Lipinski definition) is 2. The molecule has 0 unspecified atom stereocenters. The molecule has 100 valence electrons. The van der Waals surface area contributed by atoms with Gasteiger partial charge in [-0.25, -0.2) is 4.39 Å². The molecule has 1 saturated heterocycles. The summed E-state index contributed by atoms with van der Waals surface area (Å²) in [5.74, 6) is -0.338. The Labute approximate surface area is 114 Å². The molecule has 1 aliphatic rings. The molecule has 0 radical (unpaired) electrons. The van der Waals surface area contributed by atoms with Gasteiger partial charge in [0.2, 0.25) is 0 Å². The lowest BCUT2D eigenvalue weighted by atomic mass is 10.2. The molecule has 0 aromatic heterocycles. The summed E-state index contributed by atoms with van der Waals surface area (Å²) in [5, 5.41) is 8.89. The topological polar surface area (TPSA) is 52.7 Å². The van der Waals surface area contributed by atoms with E-state index in [0.29, 0.717) is 16.7 Å². The van der Waals surface area contributed by atoms with E-state index < -0.39 is 0 Å². The smallest absolute Gasteiger partial charge is 0.139 e. The fourth-order valence-corrected chi connectivity index (χ4v) is 2.51. The molecule has 0 atom stereocenters. The third-order valence-corrected chi connectivity index (χ3v) is 3.81. The van der Waals surface area contributed by atoms with Gasteiger partial charge in [0, 0.05) is 38.8 Å². The molecule has 0 aliphatic carbocycles. The highest BCUT2D eigenvalue weighted by Gasteiger charge is 2.19. The lowest BCUT2D eigenvalue weighted by molar-refractivity contribution is 0.189. The molecule has 1 aromatic carbocycles. The number of β-amino-alcohol motifs (C(OH)–C–C–N with tert-alkyl or cyclic N) is 1. The predicted molar refractivity (Wildman–Crippen MR) is 74.3 cm³/mol. The van der Waals surface area contributed by atoms with Crippen molar-refractivity contribution in [3.05, 3.63) is 22.4 Å². The van der Waals surface area contributed by atoms with Crippen molar-refractivity contribution in [1.82, 2.24) is 4.90 Å². The van der Waals surface area contributed by atoms with Gasteiger partial charge in [0.05, 0.1) is 22.5 Å². The number of halogens is 2. The molecule has 3 N–H and O–H groups in total. The number of nitrogens with zero attached hydrogens (tertiary/aromatic N) is 2. The van der Waals surface area contributed by atoms with Gasteiger partial charge in [0.15, 0.2) is 0 Å². The van der Waals surface area contributed by atoms with E-state index in [4.69, 9.17) is 10.8 Å². The fourth-order valence-electron chi connectivity index (χ4n) is 2.18. The second-order valence-corrected chi connectivity index (χ2v) is 5.23. The summed E-state index contributed by atoms with van der Waals surface area (Å²) in [6.07, 6.45) is 0. The molecule has 0 saturated carbocycles. The number of hydrogen-bond acceptors (Lipinski definition) is 4. The van der Waals surface area contributed by atoms with Crippen LogP contribution in [0, 0.1) is 5.82 Å². The lowest BCUT2D eigenvalue weighted by Crippen LogP contribution is -2.47. The first-order chi connectivity index (χ1) is 8.61. The van der Waals surface area contributed by atoms with Crippen molar-refractivity contribution in [1.29, 1.82) is 0 Å². The first-order valence-electron chi connectivity index (χ1n) is 5.94. The van der Waals surface area contributed by atoms with Crippen molar-refractivity contribution in [3.63, 3.8) is 0 Å². The average Bonchev–Trinajstić information content (AvgIpc) is 2.35. The van der Waals surface area contributed by atoms with Gasteiger partial charge in [-0.3, -0.25) is 4.90 Å². The van der Waals surface area contributed by atoms with Crippen LogP contribution in [0.2, 0.25) is 0 Å². The van der Waals surface area contributed by atoms with Crippen molar-refractivity contribution < 1.29 is 9.50 Å².